The first-order valence-corrected chi connectivity index (χ1v) is 11.7. The highest BCUT2D eigenvalue weighted by atomic mass is 32.2. The van der Waals surface area contributed by atoms with E-state index in [2.05, 4.69) is 25.8 Å². The van der Waals surface area contributed by atoms with E-state index in [1.807, 2.05) is 39.0 Å². The van der Waals surface area contributed by atoms with Crippen molar-refractivity contribution in [2.45, 2.75) is 43.5 Å². The Morgan fingerprint density at radius 3 is 2.60 bits per heavy atom. The van der Waals surface area contributed by atoms with E-state index in [4.69, 9.17) is 4.74 Å². The van der Waals surface area contributed by atoms with Gasteiger partial charge in [0.05, 0.1) is 5.69 Å². The number of carbonyl (C=O) groups is 1. The van der Waals surface area contributed by atoms with Gasteiger partial charge in [0.2, 0.25) is 5.16 Å². The summed E-state index contributed by atoms with van der Waals surface area (Å²) >= 11 is 1.15. The van der Waals surface area contributed by atoms with E-state index in [9.17, 15) is 15.0 Å². The van der Waals surface area contributed by atoms with Gasteiger partial charge in [-0.2, -0.15) is 4.68 Å². The van der Waals surface area contributed by atoms with Crippen LogP contribution in [-0.4, -0.2) is 47.4 Å². The number of hydrogen-bond acceptors (Lipinski definition) is 9. The molecule has 4 aromatic rings. The molecule has 3 N–H and O–H groups in total. The first kappa shape index (κ1) is 24.0. The molecule has 4 rings (SSSR count). The number of carbonyl (C=O) groups excluding carboxylic acids is 1. The summed E-state index contributed by atoms with van der Waals surface area (Å²) in [5.74, 6) is 0.156. The Hall–Kier alpha value is -4.12. The molecule has 0 saturated carbocycles. The van der Waals surface area contributed by atoms with E-state index in [0.29, 0.717) is 28.0 Å². The van der Waals surface area contributed by atoms with E-state index in [1.165, 1.54) is 22.9 Å². The minimum absolute atomic E-state index is 0.00587. The number of ether oxygens (including phenoxy) is 1. The first-order chi connectivity index (χ1) is 16.8. The van der Waals surface area contributed by atoms with E-state index < -0.39 is 12.0 Å². The van der Waals surface area contributed by atoms with Crippen molar-refractivity contribution >= 4 is 23.5 Å². The van der Waals surface area contributed by atoms with Gasteiger partial charge in [-0.15, -0.1) is 5.10 Å². The van der Waals surface area contributed by atoms with Crippen molar-refractivity contribution < 1.29 is 19.7 Å². The molecule has 1 atom stereocenters. The summed E-state index contributed by atoms with van der Waals surface area (Å²) in [6.07, 6.45) is -0.342. The van der Waals surface area contributed by atoms with Gasteiger partial charge in [-0.3, -0.25) is 4.79 Å². The number of rotatable bonds is 8. The zero-order valence-electron chi connectivity index (χ0n) is 19.3. The zero-order valence-corrected chi connectivity index (χ0v) is 20.2. The highest BCUT2D eigenvalue weighted by molar-refractivity contribution is 7.99. The smallest absolute Gasteiger partial charge is 0.266 e. The molecule has 180 valence electrons. The number of nitrogens with one attached hydrogen (secondary N) is 1. The molecule has 10 nitrogen and oxygen atoms in total. The molecule has 0 aliphatic carbocycles. The van der Waals surface area contributed by atoms with Gasteiger partial charge in [0, 0.05) is 0 Å². The third-order valence-electron chi connectivity index (χ3n) is 5.08. The van der Waals surface area contributed by atoms with Crippen LogP contribution in [0.25, 0.3) is 5.69 Å². The van der Waals surface area contributed by atoms with E-state index in [-0.39, 0.29) is 17.3 Å². The molecule has 0 spiro atoms. The normalized spacial score (nSPS) is 11.7. The number of aromatic hydroxyl groups is 2. The fourth-order valence-corrected chi connectivity index (χ4v) is 4.04. The van der Waals surface area contributed by atoms with E-state index >= 15 is 0 Å². The molecule has 2 aromatic carbocycles. The lowest BCUT2D eigenvalue weighted by Crippen LogP contribution is -2.33. The summed E-state index contributed by atoms with van der Waals surface area (Å²) in [5.41, 5.74) is 2.69. The highest BCUT2D eigenvalue weighted by Crippen LogP contribution is 2.30. The number of phenolic OH excluding ortho intramolecular Hbond substituents is 1. The van der Waals surface area contributed by atoms with Gasteiger partial charge < -0.3 is 20.3 Å². The lowest BCUT2D eigenvalue weighted by Gasteiger charge is -2.19. The largest absolute Gasteiger partial charge is 0.508 e. The molecule has 0 saturated heterocycles. The van der Waals surface area contributed by atoms with Crippen LogP contribution in [0.15, 0.2) is 64.8 Å². The second-order valence-electron chi connectivity index (χ2n) is 7.78. The molecule has 2 aromatic heterocycles. The van der Waals surface area contributed by atoms with Crippen molar-refractivity contribution in [1.82, 2.24) is 25.2 Å². The quantitative estimate of drug-likeness (QED) is 0.333. The van der Waals surface area contributed by atoms with Gasteiger partial charge in [-0.25, -0.2) is 4.98 Å². The highest BCUT2D eigenvalue weighted by Gasteiger charge is 2.22. The molecular weight excluding hydrogens is 468 g/mol. The average molecular weight is 493 g/mol. The minimum Gasteiger partial charge on any atom is -0.508 e. The van der Waals surface area contributed by atoms with Crippen molar-refractivity contribution in [3.8, 4) is 22.9 Å². The lowest BCUT2D eigenvalue weighted by atomic mass is 10.1. The maximum absolute atomic E-state index is 12.9. The number of amides is 1. The van der Waals surface area contributed by atoms with Crippen LogP contribution in [0.3, 0.4) is 0 Å². The second kappa shape index (κ2) is 10.4. The Morgan fingerprint density at radius 1 is 1.11 bits per heavy atom. The third kappa shape index (κ3) is 5.69. The van der Waals surface area contributed by atoms with Crippen LogP contribution in [-0.2, 0) is 4.79 Å². The average Bonchev–Trinajstić information content (AvgIpc) is 3.29. The van der Waals surface area contributed by atoms with Crippen LogP contribution in [0.2, 0.25) is 0 Å². The standard InChI is InChI=1S/C24H24N6O4S/c1-4-19(34-20-11-5-14(2)13-15(20)3)23(33)26-22-18(32)10-12-21(25-22)35-24-27-28-29-30(24)16-6-8-17(31)9-7-16/h5-13,19,31-32H,4H2,1-3H3,(H,25,26,33). The molecule has 0 aliphatic rings. The molecule has 0 radical (unpaired) electrons. The number of aromatic nitrogens is 5. The van der Waals surface area contributed by atoms with Gasteiger partial charge in [-0.1, -0.05) is 24.6 Å². The monoisotopic (exact) mass is 492 g/mol. The predicted octanol–water partition coefficient (Wildman–Crippen LogP) is 4.03. The fraction of sp³-hybridized carbons (Fsp3) is 0.208. The van der Waals surface area contributed by atoms with Crippen molar-refractivity contribution in [3.63, 3.8) is 0 Å². The molecule has 1 unspecified atom stereocenters. The maximum Gasteiger partial charge on any atom is 0.266 e. The molecular formula is C24H24N6O4S. The predicted molar refractivity (Wildman–Crippen MR) is 130 cm³/mol. The van der Waals surface area contributed by atoms with Gasteiger partial charge in [0.1, 0.15) is 16.5 Å². The van der Waals surface area contributed by atoms with Gasteiger partial charge in [0.25, 0.3) is 5.91 Å². The Morgan fingerprint density at radius 2 is 1.89 bits per heavy atom. The first-order valence-electron chi connectivity index (χ1n) is 10.8. The van der Waals surface area contributed by atoms with Gasteiger partial charge in [-0.05, 0) is 90.5 Å². The molecule has 0 bridgehead atoms. The Kier molecular flexibility index (Phi) is 7.16. The topological polar surface area (TPSA) is 135 Å². The molecule has 2 heterocycles. The molecule has 35 heavy (non-hydrogen) atoms. The van der Waals surface area contributed by atoms with Crippen LogP contribution < -0.4 is 10.1 Å². The number of anilines is 1. The van der Waals surface area contributed by atoms with E-state index in [1.54, 1.807) is 18.2 Å². The molecule has 0 fully saturated rings. The zero-order chi connectivity index (χ0) is 24.9. The number of benzene rings is 2. The Labute approximate surface area is 206 Å². The van der Waals surface area contributed by atoms with Crippen LogP contribution >= 0.6 is 11.8 Å². The van der Waals surface area contributed by atoms with Crippen LogP contribution in [0.1, 0.15) is 24.5 Å². The van der Waals surface area contributed by atoms with Crippen LogP contribution in [0.5, 0.6) is 17.2 Å². The summed E-state index contributed by atoms with van der Waals surface area (Å²) in [4.78, 5) is 17.3. The van der Waals surface area contributed by atoms with E-state index in [0.717, 1.165) is 22.9 Å². The summed E-state index contributed by atoms with van der Waals surface area (Å²) in [5, 5.41) is 35.0. The maximum atomic E-state index is 12.9. The number of aryl methyl sites for hydroxylation is 2. The number of hydrogen-bond donors (Lipinski definition) is 3. The summed E-state index contributed by atoms with van der Waals surface area (Å²) in [7, 11) is 0. The number of phenols is 1. The Balaban J connectivity index is 1.50. The SMILES string of the molecule is CCC(Oc1ccc(C)cc1C)C(=O)Nc1nc(Sc2nnnn2-c2ccc(O)cc2)ccc1O. The molecule has 11 heteroatoms. The second-order valence-corrected chi connectivity index (χ2v) is 8.77. The van der Waals surface area contributed by atoms with Crippen molar-refractivity contribution in [2.75, 3.05) is 5.32 Å². The van der Waals surface area contributed by atoms with Crippen molar-refractivity contribution in [1.29, 1.82) is 0 Å². The fourth-order valence-electron chi connectivity index (χ4n) is 3.28. The van der Waals surface area contributed by atoms with Gasteiger partial charge >= 0.3 is 0 Å². The summed E-state index contributed by atoms with van der Waals surface area (Å²) in [6, 6.07) is 15.2. The molecule has 0 aliphatic heterocycles. The van der Waals surface area contributed by atoms with Crippen molar-refractivity contribution in [2.24, 2.45) is 0 Å². The molecule has 1 amide bonds. The van der Waals surface area contributed by atoms with Gasteiger partial charge in [0.15, 0.2) is 17.7 Å². The van der Waals surface area contributed by atoms with Crippen LogP contribution in [0.4, 0.5) is 5.82 Å². The summed E-state index contributed by atoms with van der Waals surface area (Å²) < 4.78 is 7.43. The number of pyridine rings is 1. The third-order valence-corrected chi connectivity index (χ3v) is 5.96. The van der Waals surface area contributed by atoms with Crippen molar-refractivity contribution in [3.05, 3.63) is 65.7 Å². The Bertz CT molecular complexity index is 1340. The number of nitrogens with zero attached hydrogens (tertiary/aromatic N) is 5. The lowest BCUT2D eigenvalue weighted by molar-refractivity contribution is -0.122. The minimum atomic E-state index is -0.768. The van der Waals surface area contributed by atoms with Crippen LogP contribution in [0, 0.1) is 13.8 Å². The number of tetrazole rings is 1. The summed E-state index contributed by atoms with van der Waals surface area (Å²) in [6.45, 7) is 5.76.